The number of ether oxygens (including phenoxy) is 2. The van der Waals surface area contributed by atoms with Gasteiger partial charge in [0.25, 0.3) is 0 Å². The van der Waals surface area contributed by atoms with Gasteiger partial charge >= 0.3 is 0 Å². The largest absolute Gasteiger partial charge is 0.493 e. The molecule has 220 valence electrons. The van der Waals surface area contributed by atoms with Gasteiger partial charge in [0, 0.05) is 48.5 Å². The van der Waals surface area contributed by atoms with E-state index in [9.17, 15) is 8.78 Å². The van der Waals surface area contributed by atoms with E-state index in [4.69, 9.17) is 14.5 Å². The van der Waals surface area contributed by atoms with E-state index < -0.39 is 11.6 Å². The summed E-state index contributed by atoms with van der Waals surface area (Å²) < 4.78 is 40.9. The number of nitrogens with zero attached hydrogens (tertiary/aromatic N) is 3. The summed E-state index contributed by atoms with van der Waals surface area (Å²) >= 11 is 0. The summed E-state index contributed by atoms with van der Waals surface area (Å²) in [4.78, 5) is 9.50. The van der Waals surface area contributed by atoms with Gasteiger partial charge in [-0.1, -0.05) is 12.5 Å². The van der Waals surface area contributed by atoms with E-state index in [-0.39, 0.29) is 11.7 Å². The van der Waals surface area contributed by atoms with E-state index in [0.29, 0.717) is 19.7 Å². The Morgan fingerprint density at radius 3 is 2.44 bits per heavy atom. The zero-order valence-electron chi connectivity index (χ0n) is 24.2. The van der Waals surface area contributed by atoms with Crippen molar-refractivity contribution in [3.63, 3.8) is 0 Å². The fourth-order valence-corrected chi connectivity index (χ4v) is 6.77. The fraction of sp³-hybridized carbons (Fsp3) is 0.545. The summed E-state index contributed by atoms with van der Waals surface area (Å²) in [7, 11) is 1.69. The highest BCUT2D eigenvalue weighted by Gasteiger charge is 2.26. The highest BCUT2D eigenvalue weighted by atomic mass is 19.1. The van der Waals surface area contributed by atoms with Gasteiger partial charge in [0.15, 0.2) is 11.5 Å². The van der Waals surface area contributed by atoms with Crippen molar-refractivity contribution in [2.75, 3.05) is 56.7 Å². The first-order valence-electron chi connectivity index (χ1n) is 15.4. The van der Waals surface area contributed by atoms with Gasteiger partial charge < -0.3 is 24.6 Å². The van der Waals surface area contributed by atoms with Gasteiger partial charge in [-0.2, -0.15) is 0 Å². The minimum atomic E-state index is -0.497. The normalized spacial score (nSPS) is 18.4. The summed E-state index contributed by atoms with van der Waals surface area (Å²) in [5.74, 6) is 0.474. The maximum atomic E-state index is 14.4. The molecule has 1 aliphatic carbocycles. The number of hydrogen-bond donors (Lipinski definition) is 1. The van der Waals surface area contributed by atoms with E-state index >= 15 is 0 Å². The summed E-state index contributed by atoms with van der Waals surface area (Å²) in [5.41, 5.74) is 4.63. The number of anilines is 2. The van der Waals surface area contributed by atoms with E-state index in [0.717, 1.165) is 79.6 Å². The number of hydrogen-bond acceptors (Lipinski definition) is 6. The first-order chi connectivity index (χ1) is 20.1. The molecule has 8 heteroatoms. The number of nitrogens with one attached hydrogen (secondary N) is 1. The van der Waals surface area contributed by atoms with Crippen LogP contribution in [0, 0.1) is 11.6 Å². The summed E-state index contributed by atoms with van der Waals surface area (Å²) in [6.45, 7) is 5.30. The van der Waals surface area contributed by atoms with Gasteiger partial charge in [-0.25, -0.2) is 8.78 Å². The molecule has 41 heavy (non-hydrogen) atoms. The molecule has 2 saturated heterocycles. The average molecular weight is 565 g/mol. The van der Waals surface area contributed by atoms with E-state index in [2.05, 4.69) is 16.3 Å². The lowest BCUT2D eigenvalue weighted by Gasteiger charge is -2.35. The second kappa shape index (κ2) is 12.8. The molecular formula is C33H42F2N4O2. The highest BCUT2D eigenvalue weighted by molar-refractivity contribution is 5.96. The number of rotatable bonds is 9. The van der Waals surface area contributed by atoms with Gasteiger partial charge in [-0.3, -0.25) is 4.98 Å². The van der Waals surface area contributed by atoms with Gasteiger partial charge in [-0.15, -0.1) is 0 Å². The molecule has 0 bridgehead atoms. The van der Waals surface area contributed by atoms with Gasteiger partial charge in [0.2, 0.25) is 0 Å². The number of pyridine rings is 1. The molecule has 3 aromatic rings. The number of likely N-dealkylation sites (tertiary alicyclic amines) is 1. The predicted molar refractivity (Wildman–Crippen MR) is 161 cm³/mol. The third kappa shape index (κ3) is 6.22. The van der Waals surface area contributed by atoms with Gasteiger partial charge in [-0.05, 0) is 94.6 Å². The average Bonchev–Trinajstić information content (AvgIpc) is 3.39. The Bertz CT molecular complexity index is 1330. The number of benzene rings is 2. The van der Waals surface area contributed by atoms with Gasteiger partial charge in [0.1, 0.15) is 17.3 Å². The first-order valence-corrected chi connectivity index (χ1v) is 15.4. The summed E-state index contributed by atoms with van der Waals surface area (Å²) in [5, 5.41) is 4.93. The van der Waals surface area contributed by atoms with Crippen molar-refractivity contribution in [2.45, 2.75) is 70.3 Å². The Morgan fingerprint density at radius 1 is 0.927 bits per heavy atom. The third-order valence-electron chi connectivity index (χ3n) is 8.97. The van der Waals surface area contributed by atoms with Crippen LogP contribution < -0.4 is 19.7 Å². The topological polar surface area (TPSA) is 49.9 Å². The van der Waals surface area contributed by atoms with Crippen LogP contribution in [0.25, 0.3) is 10.9 Å². The molecule has 2 aliphatic heterocycles. The van der Waals surface area contributed by atoms with Crippen LogP contribution in [0.15, 0.2) is 30.3 Å². The molecule has 0 atom stereocenters. The number of aromatic nitrogens is 1. The first kappa shape index (κ1) is 28.0. The monoisotopic (exact) mass is 564 g/mol. The Morgan fingerprint density at radius 2 is 1.68 bits per heavy atom. The van der Waals surface area contributed by atoms with Crippen LogP contribution in [0.4, 0.5) is 20.2 Å². The molecule has 0 radical (unpaired) electrons. The maximum Gasteiger partial charge on any atom is 0.163 e. The van der Waals surface area contributed by atoms with Crippen LogP contribution in [0.5, 0.6) is 11.5 Å². The number of piperidine rings is 1. The molecule has 1 N–H and O–H groups in total. The Kier molecular flexibility index (Phi) is 8.75. The van der Waals surface area contributed by atoms with E-state index in [1.165, 1.54) is 61.8 Å². The molecule has 0 saturated carbocycles. The molecule has 6 nitrogen and oxygen atoms in total. The van der Waals surface area contributed by atoms with Crippen molar-refractivity contribution < 1.29 is 18.3 Å². The van der Waals surface area contributed by atoms with E-state index in [1.807, 2.05) is 11.0 Å². The molecule has 0 amide bonds. The minimum absolute atomic E-state index is 0.0897. The molecule has 3 heterocycles. The fourth-order valence-electron chi connectivity index (χ4n) is 6.77. The molecule has 0 spiro atoms. The van der Waals surface area contributed by atoms with Crippen LogP contribution in [-0.2, 0) is 12.8 Å². The highest BCUT2D eigenvalue weighted by Crippen LogP contribution is 2.40. The zero-order chi connectivity index (χ0) is 28.2. The molecular weight excluding hydrogens is 522 g/mol. The van der Waals surface area contributed by atoms with Crippen molar-refractivity contribution in [3.05, 3.63) is 53.2 Å². The molecule has 6 rings (SSSR count). The number of para-hydroxylation sites is 1. The van der Waals surface area contributed by atoms with E-state index in [1.54, 1.807) is 7.11 Å². The van der Waals surface area contributed by atoms with Crippen molar-refractivity contribution in [3.8, 4) is 11.5 Å². The predicted octanol–water partition coefficient (Wildman–Crippen LogP) is 6.74. The zero-order valence-corrected chi connectivity index (χ0v) is 24.2. The smallest absolute Gasteiger partial charge is 0.163 e. The number of aryl methyl sites for hydroxylation is 1. The van der Waals surface area contributed by atoms with Crippen LogP contribution in [0.3, 0.4) is 0 Å². The Hall–Kier alpha value is -3.13. The summed E-state index contributed by atoms with van der Waals surface area (Å²) in [6, 6.07) is 8.41. The van der Waals surface area contributed by atoms with Crippen molar-refractivity contribution in [1.29, 1.82) is 0 Å². The Balaban J connectivity index is 1.23. The van der Waals surface area contributed by atoms with Crippen LogP contribution in [0.1, 0.15) is 62.6 Å². The number of halogens is 2. The quantitative estimate of drug-likeness (QED) is 0.230. The standard InChI is InChI=1S/C33H42F2N4O2/c1-40-30-21-25-29(22-31(30)41-20-8-17-38-15-5-6-16-38)37-28-12-4-2-3-9-24(28)32(25)36-23-13-18-39(19-14-23)33-26(34)10-7-11-27(33)35/h7,10-11,21-23H,2-6,8-9,12-20H2,1H3,(H,36,37). The molecule has 2 fully saturated rings. The number of methoxy groups -OCH3 is 1. The molecule has 0 unspecified atom stereocenters. The van der Waals surface area contributed by atoms with Crippen LogP contribution in [-0.4, -0.2) is 62.4 Å². The second-order valence-corrected chi connectivity index (χ2v) is 11.7. The minimum Gasteiger partial charge on any atom is -0.493 e. The number of fused-ring (bicyclic) bond motifs is 2. The lowest BCUT2D eigenvalue weighted by molar-refractivity contribution is 0.254. The maximum absolute atomic E-state index is 14.4. The lowest BCUT2D eigenvalue weighted by Crippen LogP contribution is -2.40. The van der Waals surface area contributed by atoms with Gasteiger partial charge in [0.05, 0.1) is 19.2 Å². The molecule has 3 aliphatic rings. The summed E-state index contributed by atoms with van der Waals surface area (Å²) in [6.07, 6.45) is 10.6. The molecule has 2 aromatic carbocycles. The lowest BCUT2D eigenvalue weighted by atomic mass is 9.98. The van der Waals surface area contributed by atoms with Crippen molar-refractivity contribution in [1.82, 2.24) is 9.88 Å². The third-order valence-corrected chi connectivity index (χ3v) is 8.97. The van der Waals surface area contributed by atoms with Crippen molar-refractivity contribution >= 4 is 22.3 Å². The Labute approximate surface area is 242 Å². The van der Waals surface area contributed by atoms with Crippen LogP contribution in [0.2, 0.25) is 0 Å². The second-order valence-electron chi connectivity index (χ2n) is 11.7. The SMILES string of the molecule is COc1cc2c(NC3CCN(c4c(F)cccc4F)CC3)c3c(nc2cc1OCCCN1CCCC1)CCCCC3. The van der Waals surface area contributed by atoms with Crippen LogP contribution >= 0.6 is 0 Å². The molecule has 1 aromatic heterocycles. The van der Waals surface area contributed by atoms with Crippen molar-refractivity contribution in [2.24, 2.45) is 0 Å².